The standard InChI is InChI=1S/C18H21N2OP/c21-22(16-11-5-2-6-12-16)19-17-13-7-8-14-18(17)20(22)15-9-3-1-4-10-15/h2,5-8,11-15H,1,3-4,9-10H2,(H,19,21)/t22-/m1/s1. The molecular formula is C18H21N2OP. The molecule has 114 valence electrons. The monoisotopic (exact) mass is 312 g/mol. The van der Waals surface area contributed by atoms with Gasteiger partial charge in [0.2, 0.25) is 0 Å². The first-order chi connectivity index (χ1) is 10.8. The number of rotatable bonds is 2. The molecule has 1 fully saturated rings. The maximum Gasteiger partial charge on any atom is 0.290 e. The molecule has 0 unspecified atom stereocenters. The smallest absolute Gasteiger partial charge is 0.290 e. The summed E-state index contributed by atoms with van der Waals surface area (Å²) >= 11 is 0. The molecule has 2 aliphatic rings. The van der Waals surface area contributed by atoms with Crippen molar-refractivity contribution in [1.29, 1.82) is 0 Å². The first-order valence-electron chi connectivity index (χ1n) is 8.12. The molecule has 1 atom stereocenters. The highest BCUT2D eigenvalue weighted by Crippen LogP contribution is 2.61. The number of hydrogen-bond acceptors (Lipinski definition) is 1. The molecule has 0 spiro atoms. The van der Waals surface area contributed by atoms with Gasteiger partial charge in [-0.3, -0.25) is 9.24 Å². The molecule has 0 bridgehead atoms. The fourth-order valence-electron chi connectivity index (χ4n) is 3.71. The molecule has 22 heavy (non-hydrogen) atoms. The lowest BCUT2D eigenvalue weighted by molar-refractivity contribution is 0.441. The molecule has 4 rings (SSSR count). The summed E-state index contributed by atoms with van der Waals surface area (Å²) in [4.78, 5) is 0. The van der Waals surface area contributed by atoms with E-state index < -0.39 is 7.44 Å². The molecule has 1 heterocycles. The Balaban J connectivity index is 1.82. The highest BCUT2D eigenvalue weighted by Gasteiger charge is 2.44. The van der Waals surface area contributed by atoms with Crippen LogP contribution >= 0.6 is 7.44 Å². The van der Waals surface area contributed by atoms with Gasteiger partial charge in [0, 0.05) is 6.04 Å². The van der Waals surface area contributed by atoms with Gasteiger partial charge < -0.3 is 5.09 Å². The third-order valence-corrected chi connectivity index (χ3v) is 7.44. The zero-order valence-corrected chi connectivity index (χ0v) is 13.5. The minimum atomic E-state index is -2.80. The number of fused-ring (bicyclic) bond motifs is 1. The minimum absolute atomic E-state index is 0.371. The van der Waals surface area contributed by atoms with E-state index in [1.807, 2.05) is 48.5 Å². The Kier molecular flexibility index (Phi) is 3.46. The van der Waals surface area contributed by atoms with E-state index in [0.717, 1.165) is 29.5 Å². The second kappa shape index (κ2) is 5.48. The SMILES string of the molecule is O=[P@]1(c2ccccc2)Nc2ccccc2N1C1CCCCC1. The molecule has 0 aromatic heterocycles. The Morgan fingerprint density at radius 1 is 0.909 bits per heavy atom. The zero-order chi connectivity index (χ0) is 15.0. The maximum absolute atomic E-state index is 13.9. The Morgan fingerprint density at radius 2 is 1.59 bits per heavy atom. The number of nitrogens with one attached hydrogen (secondary N) is 1. The van der Waals surface area contributed by atoms with Crippen LogP contribution in [0.5, 0.6) is 0 Å². The normalized spacial score (nSPS) is 24.8. The van der Waals surface area contributed by atoms with Crippen molar-refractivity contribution < 1.29 is 4.57 Å². The van der Waals surface area contributed by atoms with Gasteiger partial charge in [0.1, 0.15) is 0 Å². The lowest BCUT2D eigenvalue weighted by Gasteiger charge is -2.36. The largest absolute Gasteiger partial charge is 0.315 e. The van der Waals surface area contributed by atoms with Gasteiger partial charge in [0.25, 0.3) is 7.44 Å². The van der Waals surface area contributed by atoms with Crippen molar-refractivity contribution in [3.8, 4) is 0 Å². The summed E-state index contributed by atoms with van der Waals surface area (Å²) in [6.07, 6.45) is 6.03. The second-order valence-corrected chi connectivity index (χ2v) is 8.50. The minimum Gasteiger partial charge on any atom is -0.315 e. The molecule has 2 aromatic rings. The van der Waals surface area contributed by atoms with Crippen LogP contribution in [0, 0.1) is 0 Å². The quantitative estimate of drug-likeness (QED) is 0.811. The van der Waals surface area contributed by atoms with Gasteiger partial charge >= 0.3 is 0 Å². The van der Waals surface area contributed by atoms with E-state index in [-0.39, 0.29) is 0 Å². The first-order valence-corrected chi connectivity index (χ1v) is 9.78. The summed E-state index contributed by atoms with van der Waals surface area (Å²) in [5.41, 5.74) is 2.10. The molecule has 0 amide bonds. The lowest BCUT2D eigenvalue weighted by Crippen LogP contribution is -2.36. The molecule has 1 saturated carbocycles. The van der Waals surface area contributed by atoms with Crippen LogP contribution in [0.1, 0.15) is 32.1 Å². The highest BCUT2D eigenvalue weighted by atomic mass is 31.2. The van der Waals surface area contributed by atoms with Crippen LogP contribution in [0.2, 0.25) is 0 Å². The van der Waals surface area contributed by atoms with Crippen molar-refractivity contribution in [2.45, 2.75) is 38.1 Å². The Hall–Kier alpha value is -1.73. The van der Waals surface area contributed by atoms with Crippen molar-refractivity contribution in [2.75, 3.05) is 9.76 Å². The van der Waals surface area contributed by atoms with Gasteiger partial charge in [-0.15, -0.1) is 0 Å². The zero-order valence-electron chi connectivity index (χ0n) is 12.6. The van der Waals surface area contributed by atoms with Gasteiger partial charge in [0.15, 0.2) is 0 Å². The third-order valence-electron chi connectivity index (χ3n) is 4.75. The number of hydrogen-bond donors (Lipinski definition) is 1. The van der Waals surface area contributed by atoms with Gasteiger partial charge in [0.05, 0.1) is 16.7 Å². The summed E-state index contributed by atoms with van der Waals surface area (Å²) in [6.45, 7) is 0. The molecule has 0 saturated heterocycles. The van der Waals surface area contributed by atoms with E-state index in [1.54, 1.807) is 0 Å². The van der Waals surface area contributed by atoms with Crippen LogP contribution in [0.25, 0.3) is 0 Å². The molecule has 3 nitrogen and oxygen atoms in total. The van der Waals surface area contributed by atoms with Crippen molar-refractivity contribution in [1.82, 2.24) is 0 Å². The van der Waals surface area contributed by atoms with Gasteiger partial charge in [-0.05, 0) is 37.1 Å². The number of nitrogens with zero attached hydrogens (tertiary/aromatic N) is 1. The lowest BCUT2D eigenvalue weighted by atomic mass is 9.95. The Bertz CT molecular complexity index is 710. The summed E-state index contributed by atoms with van der Waals surface area (Å²) in [5, 5.41) is 4.26. The average Bonchev–Trinajstić information content (AvgIpc) is 2.90. The van der Waals surface area contributed by atoms with Crippen LogP contribution in [0.15, 0.2) is 54.6 Å². The average molecular weight is 312 g/mol. The molecule has 1 N–H and O–H groups in total. The van der Waals surface area contributed by atoms with Crippen LogP contribution in [-0.4, -0.2) is 6.04 Å². The van der Waals surface area contributed by atoms with Gasteiger partial charge in [-0.2, -0.15) is 0 Å². The molecule has 2 aromatic carbocycles. The number of benzene rings is 2. The fourth-order valence-corrected chi connectivity index (χ4v) is 6.45. The van der Waals surface area contributed by atoms with Crippen molar-refractivity contribution in [3.05, 3.63) is 54.6 Å². The van der Waals surface area contributed by atoms with Crippen LogP contribution in [0.4, 0.5) is 11.4 Å². The van der Waals surface area contributed by atoms with Gasteiger partial charge in [-0.25, -0.2) is 0 Å². The van der Waals surface area contributed by atoms with Gasteiger partial charge in [-0.1, -0.05) is 49.6 Å². The number of para-hydroxylation sites is 2. The molecule has 1 aliphatic carbocycles. The van der Waals surface area contributed by atoms with Crippen LogP contribution in [0.3, 0.4) is 0 Å². The maximum atomic E-state index is 13.9. The summed E-state index contributed by atoms with van der Waals surface area (Å²) in [6, 6.07) is 18.4. The first kappa shape index (κ1) is 13.9. The van der Waals surface area contributed by atoms with E-state index in [1.165, 1.54) is 19.3 Å². The molecule has 4 heteroatoms. The Labute approximate surface area is 131 Å². The third kappa shape index (κ3) is 2.16. The Morgan fingerprint density at radius 3 is 2.36 bits per heavy atom. The van der Waals surface area contributed by atoms with E-state index in [4.69, 9.17) is 0 Å². The predicted molar refractivity (Wildman–Crippen MR) is 93.1 cm³/mol. The topological polar surface area (TPSA) is 32.3 Å². The van der Waals surface area contributed by atoms with Crippen LogP contribution in [-0.2, 0) is 4.57 Å². The number of anilines is 2. The molecule has 1 aliphatic heterocycles. The van der Waals surface area contributed by atoms with E-state index >= 15 is 0 Å². The highest BCUT2D eigenvalue weighted by molar-refractivity contribution is 7.75. The van der Waals surface area contributed by atoms with Crippen molar-refractivity contribution in [2.24, 2.45) is 0 Å². The van der Waals surface area contributed by atoms with E-state index in [2.05, 4.69) is 15.8 Å². The summed E-state index contributed by atoms with van der Waals surface area (Å²) in [5.74, 6) is 0. The van der Waals surface area contributed by atoms with Crippen molar-refractivity contribution >= 4 is 24.1 Å². The summed E-state index contributed by atoms with van der Waals surface area (Å²) < 4.78 is 16.1. The van der Waals surface area contributed by atoms with Crippen LogP contribution < -0.4 is 15.1 Å². The predicted octanol–water partition coefficient (Wildman–Crippen LogP) is 4.77. The van der Waals surface area contributed by atoms with Crippen molar-refractivity contribution in [3.63, 3.8) is 0 Å². The molecule has 0 radical (unpaired) electrons. The molecular weight excluding hydrogens is 291 g/mol. The summed E-state index contributed by atoms with van der Waals surface area (Å²) in [7, 11) is -2.80. The fraction of sp³-hybridized carbons (Fsp3) is 0.333. The van der Waals surface area contributed by atoms with E-state index in [9.17, 15) is 4.57 Å². The van der Waals surface area contributed by atoms with E-state index in [0.29, 0.717) is 6.04 Å². The second-order valence-electron chi connectivity index (χ2n) is 6.18.